The molecule has 2 aromatic rings. The third-order valence-corrected chi connectivity index (χ3v) is 5.65. The molecule has 0 aromatic heterocycles. The summed E-state index contributed by atoms with van der Waals surface area (Å²) < 4.78 is 0.790. The molecule has 26 heavy (non-hydrogen) atoms. The molecule has 0 unspecified atom stereocenters. The van der Waals surface area contributed by atoms with Gasteiger partial charge >= 0.3 is 0 Å². The third kappa shape index (κ3) is 3.51. The highest BCUT2D eigenvalue weighted by Gasteiger charge is 2.35. The van der Waals surface area contributed by atoms with Gasteiger partial charge in [-0.3, -0.25) is 9.59 Å². The Bertz CT molecular complexity index is 895. The van der Waals surface area contributed by atoms with E-state index < -0.39 is 0 Å². The summed E-state index contributed by atoms with van der Waals surface area (Å²) in [6, 6.07) is 11.0. The van der Waals surface area contributed by atoms with Crippen molar-refractivity contribution in [3.63, 3.8) is 0 Å². The number of fused-ring (bicyclic) bond motifs is 1. The largest absolute Gasteiger partial charge is 0.322 e. The number of hydrogen-bond acceptors (Lipinski definition) is 2. The van der Waals surface area contributed by atoms with Gasteiger partial charge in [0.2, 0.25) is 5.91 Å². The zero-order valence-electron chi connectivity index (χ0n) is 14.1. The van der Waals surface area contributed by atoms with Crippen molar-refractivity contribution < 1.29 is 9.59 Å². The maximum atomic E-state index is 12.6. The minimum atomic E-state index is -0.271. The molecule has 4 rings (SSSR count). The lowest BCUT2D eigenvalue weighted by molar-refractivity contribution is -0.119. The molecule has 1 aliphatic carbocycles. The lowest BCUT2D eigenvalue weighted by Gasteiger charge is -2.30. The summed E-state index contributed by atoms with van der Waals surface area (Å²) in [6.07, 6.45) is 3.91. The average molecular weight is 434 g/mol. The fourth-order valence-electron chi connectivity index (χ4n) is 3.30. The monoisotopic (exact) mass is 432 g/mol. The topological polar surface area (TPSA) is 49.4 Å². The summed E-state index contributed by atoms with van der Waals surface area (Å²) in [6.45, 7) is 0.747. The zero-order valence-corrected chi connectivity index (χ0v) is 16.4. The van der Waals surface area contributed by atoms with Crippen LogP contribution in [0.4, 0.5) is 11.4 Å². The van der Waals surface area contributed by atoms with Gasteiger partial charge in [-0.05, 0) is 61.6 Å². The Balaban J connectivity index is 1.60. The Kier molecular flexibility index (Phi) is 4.76. The lowest BCUT2D eigenvalue weighted by atomic mass is 10.0. The van der Waals surface area contributed by atoms with Gasteiger partial charge in [-0.1, -0.05) is 33.6 Å². The number of nitrogens with one attached hydrogen (secondary N) is 1. The van der Waals surface area contributed by atoms with Gasteiger partial charge in [-0.15, -0.1) is 0 Å². The van der Waals surface area contributed by atoms with Crippen LogP contribution in [0.2, 0.25) is 5.02 Å². The predicted octanol–water partition coefficient (Wildman–Crippen LogP) is 5.04. The zero-order chi connectivity index (χ0) is 18.3. The Hall–Kier alpha value is -1.85. The van der Waals surface area contributed by atoms with Crippen molar-refractivity contribution in [2.75, 3.05) is 16.8 Å². The van der Waals surface area contributed by atoms with Crippen LogP contribution in [0.1, 0.15) is 35.2 Å². The minimum absolute atomic E-state index is 0.180. The summed E-state index contributed by atoms with van der Waals surface area (Å²) in [5, 5.41) is 3.30. The van der Waals surface area contributed by atoms with E-state index in [4.69, 9.17) is 11.6 Å². The van der Waals surface area contributed by atoms with Crippen LogP contribution in [0.5, 0.6) is 0 Å². The second kappa shape index (κ2) is 7.05. The van der Waals surface area contributed by atoms with E-state index in [1.165, 1.54) is 0 Å². The first-order valence-corrected chi connectivity index (χ1v) is 9.91. The van der Waals surface area contributed by atoms with E-state index in [0.29, 0.717) is 16.3 Å². The summed E-state index contributed by atoms with van der Waals surface area (Å²) in [7, 11) is 0. The lowest BCUT2D eigenvalue weighted by Crippen LogP contribution is -2.36. The molecular formula is C20H18BrClN2O2. The number of nitrogens with zero attached hydrogens (tertiary/aromatic N) is 1. The van der Waals surface area contributed by atoms with Crippen LogP contribution >= 0.6 is 27.5 Å². The molecule has 2 aromatic carbocycles. The first-order chi connectivity index (χ1) is 12.5. The number of aryl methyl sites for hydroxylation is 1. The molecule has 0 atom stereocenters. The Labute approximate surface area is 165 Å². The molecule has 0 spiro atoms. The predicted molar refractivity (Wildman–Crippen MR) is 107 cm³/mol. The quantitative estimate of drug-likeness (QED) is 0.737. The molecule has 6 heteroatoms. The highest BCUT2D eigenvalue weighted by atomic mass is 79.9. The molecule has 1 aliphatic heterocycles. The number of rotatable bonds is 3. The molecule has 4 nitrogen and oxygen atoms in total. The van der Waals surface area contributed by atoms with Crippen molar-refractivity contribution in [2.45, 2.75) is 25.7 Å². The molecule has 1 saturated carbocycles. The fourth-order valence-corrected chi connectivity index (χ4v) is 3.87. The Morgan fingerprint density at radius 2 is 1.96 bits per heavy atom. The van der Waals surface area contributed by atoms with E-state index in [-0.39, 0.29) is 17.7 Å². The fraction of sp³-hybridized carbons (Fsp3) is 0.300. The Morgan fingerprint density at radius 1 is 1.15 bits per heavy atom. The van der Waals surface area contributed by atoms with Gasteiger partial charge in [0.05, 0.1) is 10.6 Å². The van der Waals surface area contributed by atoms with Gasteiger partial charge in [0, 0.05) is 28.3 Å². The molecular weight excluding hydrogens is 416 g/mol. The van der Waals surface area contributed by atoms with Gasteiger partial charge in [-0.2, -0.15) is 0 Å². The van der Waals surface area contributed by atoms with Crippen molar-refractivity contribution >= 4 is 50.7 Å². The summed E-state index contributed by atoms with van der Waals surface area (Å²) in [4.78, 5) is 27.1. The number of amides is 2. The molecule has 0 radical (unpaired) electrons. The molecule has 0 saturated heterocycles. The number of carbonyl (C=O) groups is 2. The number of hydrogen-bond donors (Lipinski definition) is 1. The molecule has 1 N–H and O–H groups in total. The van der Waals surface area contributed by atoms with Gasteiger partial charge in [0.1, 0.15) is 0 Å². The average Bonchev–Trinajstić information content (AvgIpc) is 3.47. The summed E-state index contributed by atoms with van der Waals surface area (Å²) in [5.41, 5.74) is 3.15. The van der Waals surface area contributed by atoms with Crippen molar-refractivity contribution in [3.05, 3.63) is 57.0 Å². The maximum absolute atomic E-state index is 12.6. The van der Waals surface area contributed by atoms with Crippen LogP contribution < -0.4 is 10.2 Å². The van der Waals surface area contributed by atoms with E-state index >= 15 is 0 Å². The number of anilines is 2. The van der Waals surface area contributed by atoms with E-state index in [2.05, 4.69) is 21.2 Å². The smallest absolute Gasteiger partial charge is 0.257 e. The first kappa shape index (κ1) is 17.6. The van der Waals surface area contributed by atoms with Crippen LogP contribution in [0.25, 0.3) is 0 Å². The van der Waals surface area contributed by atoms with E-state index in [0.717, 1.165) is 48.0 Å². The molecule has 0 bridgehead atoms. The number of halogens is 2. The van der Waals surface area contributed by atoms with Crippen LogP contribution in [0, 0.1) is 5.92 Å². The second-order valence-corrected chi connectivity index (χ2v) is 8.11. The van der Waals surface area contributed by atoms with Gasteiger partial charge in [-0.25, -0.2) is 0 Å². The molecule has 2 amide bonds. The summed E-state index contributed by atoms with van der Waals surface area (Å²) >= 11 is 9.50. The standard InChI is InChI=1S/C20H18BrClN2O2/c21-14-6-8-17(22)16(10-14)19(25)23-15-7-5-12-2-1-9-24(18(12)11-15)20(26)13-3-4-13/h5-8,10-11,13H,1-4,9H2,(H,23,25). The normalized spacial score (nSPS) is 16.2. The van der Waals surface area contributed by atoms with Crippen LogP contribution in [0.15, 0.2) is 40.9 Å². The molecule has 134 valence electrons. The van der Waals surface area contributed by atoms with Crippen LogP contribution in [0.3, 0.4) is 0 Å². The first-order valence-electron chi connectivity index (χ1n) is 8.73. The van der Waals surface area contributed by atoms with Gasteiger partial charge < -0.3 is 10.2 Å². The Morgan fingerprint density at radius 3 is 2.73 bits per heavy atom. The van der Waals surface area contributed by atoms with E-state index in [1.54, 1.807) is 18.2 Å². The SMILES string of the molecule is O=C(Nc1ccc2c(c1)N(C(=O)C1CC1)CCC2)c1cc(Br)ccc1Cl. The molecule has 2 aliphatic rings. The van der Waals surface area contributed by atoms with Crippen molar-refractivity contribution in [3.8, 4) is 0 Å². The summed E-state index contributed by atoms with van der Waals surface area (Å²) in [5.74, 6) is 0.122. The van der Waals surface area contributed by atoms with Crippen LogP contribution in [-0.4, -0.2) is 18.4 Å². The molecule has 1 heterocycles. The van der Waals surface area contributed by atoms with Crippen molar-refractivity contribution in [2.24, 2.45) is 5.92 Å². The number of benzene rings is 2. The van der Waals surface area contributed by atoms with Crippen molar-refractivity contribution in [1.82, 2.24) is 0 Å². The van der Waals surface area contributed by atoms with E-state index in [1.807, 2.05) is 23.1 Å². The molecule has 1 fully saturated rings. The van der Waals surface area contributed by atoms with E-state index in [9.17, 15) is 9.59 Å². The number of carbonyl (C=O) groups excluding carboxylic acids is 2. The van der Waals surface area contributed by atoms with Crippen LogP contribution in [-0.2, 0) is 11.2 Å². The van der Waals surface area contributed by atoms with Crippen molar-refractivity contribution in [1.29, 1.82) is 0 Å². The highest BCUT2D eigenvalue weighted by molar-refractivity contribution is 9.10. The van der Waals surface area contributed by atoms with Gasteiger partial charge in [0.15, 0.2) is 0 Å². The minimum Gasteiger partial charge on any atom is -0.322 e. The van der Waals surface area contributed by atoms with Gasteiger partial charge in [0.25, 0.3) is 5.91 Å². The third-order valence-electron chi connectivity index (χ3n) is 4.83. The highest BCUT2D eigenvalue weighted by Crippen LogP contribution is 2.37. The maximum Gasteiger partial charge on any atom is 0.257 e. The second-order valence-electron chi connectivity index (χ2n) is 6.79.